The number of thiol groups is 1. The smallest absolute Gasteiger partial charge is 0.340 e. The highest BCUT2D eigenvalue weighted by atomic mass is 32.1. The molecule has 0 fully saturated rings. The van der Waals surface area contributed by atoms with Gasteiger partial charge >= 0.3 is 5.97 Å². The van der Waals surface area contributed by atoms with E-state index in [9.17, 15) is 4.79 Å². The lowest BCUT2D eigenvalue weighted by atomic mass is 10.2. The summed E-state index contributed by atoms with van der Waals surface area (Å²) < 4.78 is 4.57. The van der Waals surface area contributed by atoms with Crippen molar-refractivity contribution in [3.05, 3.63) is 23.4 Å². The quantitative estimate of drug-likeness (QED) is 0.529. The Morgan fingerprint density at radius 1 is 1.67 bits per heavy atom. The Morgan fingerprint density at radius 3 is 2.83 bits per heavy atom. The number of aromatic nitrogens is 1. The number of hydrogen-bond donors (Lipinski definition) is 1. The summed E-state index contributed by atoms with van der Waals surface area (Å²) >= 11 is 4.05. The fourth-order valence-electron chi connectivity index (χ4n) is 0.898. The standard InChI is InChI=1S/C8H9NO2S/c1-5-3-4-9-7(12)6(5)8(10)11-2/h3-4H,1-2H3,(H,9,12). The summed E-state index contributed by atoms with van der Waals surface area (Å²) in [5, 5.41) is 0.404. The van der Waals surface area contributed by atoms with Crippen LogP contribution in [-0.2, 0) is 4.74 Å². The molecule has 64 valence electrons. The minimum absolute atomic E-state index is 0.398. The Bertz CT molecular complexity index is 292. The molecular formula is C8H9NO2S. The van der Waals surface area contributed by atoms with E-state index in [1.54, 1.807) is 12.3 Å². The molecule has 4 heteroatoms. The van der Waals surface area contributed by atoms with Crippen molar-refractivity contribution in [2.75, 3.05) is 7.11 Å². The molecule has 0 aromatic carbocycles. The summed E-state index contributed by atoms with van der Waals surface area (Å²) in [6, 6.07) is 1.74. The number of nitrogens with zero attached hydrogens (tertiary/aromatic N) is 1. The first-order chi connectivity index (χ1) is 5.66. The molecule has 0 atom stereocenters. The van der Waals surface area contributed by atoms with Gasteiger partial charge in [-0.15, -0.1) is 12.6 Å². The molecule has 0 saturated carbocycles. The average molecular weight is 183 g/mol. The molecule has 0 saturated heterocycles. The summed E-state index contributed by atoms with van der Waals surface area (Å²) in [6.07, 6.45) is 1.60. The second kappa shape index (κ2) is 3.58. The Hall–Kier alpha value is -1.03. The lowest BCUT2D eigenvalue weighted by Crippen LogP contribution is -2.05. The number of esters is 1. The lowest BCUT2D eigenvalue weighted by molar-refractivity contribution is 0.0595. The van der Waals surface area contributed by atoms with Crippen molar-refractivity contribution >= 4 is 18.6 Å². The molecule has 3 nitrogen and oxygen atoms in total. The molecule has 0 N–H and O–H groups in total. The monoisotopic (exact) mass is 183 g/mol. The Morgan fingerprint density at radius 2 is 2.33 bits per heavy atom. The number of aryl methyl sites for hydroxylation is 1. The second-order valence-electron chi connectivity index (χ2n) is 2.32. The van der Waals surface area contributed by atoms with Crippen LogP contribution in [0.25, 0.3) is 0 Å². The van der Waals surface area contributed by atoms with Gasteiger partial charge in [-0.2, -0.15) is 0 Å². The van der Waals surface area contributed by atoms with Crippen molar-refractivity contribution in [3.8, 4) is 0 Å². The first-order valence-corrected chi connectivity index (χ1v) is 3.84. The molecule has 0 bridgehead atoms. The van der Waals surface area contributed by atoms with Gasteiger partial charge in [0, 0.05) is 6.20 Å². The van der Waals surface area contributed by atoms with E-state index in [0.717, 1.165) is 5.56 Å². The van der Waals surface area contributed by atoms with Gasteiger partial charge in [0.25, 0.3) is 0 Å². The van der Waals surface area contributed by atoms with Crippen molar-refractivity contribution in [1.82, 2.24) is 4.98 Å². The van der Waals surface area contributed by atoms with E-state index < -0.39 is 5.97 Å². The number of methoxy groups -OCH3 is 1. The molecule has 0 unspecified atom stereocenters. The largest absolute Gasteiger partial charge is 0.465 e. The van der Waals surface area contributed by atoms with Gasteiger partial charge in [0.05, 0.1) is 12.7 Å². The van der Waals surface area contributed by atoms with E-state index in [-0.39, 0.29) is 0 Å². The highest BCUT2D eigenvalue weighted by molar-refractivity contribution is 7.80. The third-order valence-corrected chi connectivity index (χ3v) is 1.87. The van der Waals surface area contributed by atoms with Gasteiger partial charge in [-0.25, -0.2) is 9.78 Å². The van der Waals surface area contributed by atoms with E-state index in [0.29, 0.717) is 10.6 Å². The van der Waals surface area contributed by atoms with Crippen LogP contribution in [0.5, 0.6) is 0 Å². The third-order valence-electron chi connectivity index (χ3n) is 1.53. The molecule has 1 aromatic rings. The zero-order valence-corrected chi connectivity index (χ0v) is 7.76. The summed E-state index contributed by atoms with van der Waals surface area (Å²) in [7, 11) is 1.34. The summed E-state index contributed by atoms with van der Waals surface area (Å²) in [6.45, 7) is 1.81. The van der Waals surface area contributed by atoms with Crippen LogP contribution < -0.4 is 0 Å². The van der Waals surface area contributed by atoms with E-state index in [1.807, 2.05) is 6.92 Å². The summed E-state index contributed by atoms with van der Waals surface area (Å²) in [4.78, 5) is 15.0. The van der Waals surface area contributed by atoms with E-state index >= 15 is 0 Å². The van der Waals surface area contributed by atoms with Crippen molar-refractivity contribution in [3.63, 3.8) is 0 Å². The Kier molecular flexibility index (Phi) is 2.70. The maximum absolute atomic E-state index is 11.1. The van der Waals surface area contributed by atoms with Gasteiger partial charge in [-0.05, 0) is 18.6 Å². The molecular weight excluding hydrogens is 174 g/mol. The van der Waals surface area contributed by atoms with Crippen molar-refractivity contribution < 1.29 is 9.53 Å². The summed E-state index contributed by atoms with van der Waals surface area (Å²) in [5.74, 6) is -0.398. The van der Waals surface area contributed by atoms with Gasteiger partial charge in [0.1, 0.15) is 5.03 Å². The van der Waals surface area contributed by atoms with Crippen LogP contribution in [0, 0.1) is 6.92 Å². The molecule has 1 aromatic heterocycles. The van der Waals surface area contributed by atoms with Gasteiger partial charge < -0.3 is 4.74 Å². The van der Waals surface area contributed by atoms with Crippen LogP contribution in [0.3, 0.4) is 0 Å². The molecule has 0 spiro atoms. The number of ether oxygens (including phenoxy) is 1. The number of rotatable bonds is 1. The topological polar surface area (TPSA) is 39.2 Å². The van der Waals surface area contributed by atoms with Crippen LogP contribution >= 0.6 is 12.6 Å². The third kappa shape index (κ3) is 1.58. The molecule has 1 heterocycles. The SMILES string of the molecule is COC(=O)c1c(C)ccnc1S. The van der Waals surface area contributed by atoms with Gasteiger partial charge in [0.2, 0.25) is 0 Å². The first kappa shape index (κ1) is 9.06. The molecule has 0 aliphatic carbocycles. The Balaban J connectivity index is 3.21. The molecule has 0 radical (unpaired) electrons. The maximum Gasteiger partial charge on any atom is 0.340 e. The zero-order chi connectivity index (χ0) is 9.14. The molecule has 1 rings (SSSR count). The first-order valence-electron chi connectivity index (χ1n) is 3.39. The van der Waals surface area contributed by atoms with Gasteiger partial charge in [0.15, 0.2) is 0 Å². The molecule has 12 heavy (non-hydrogen) atoms. The molecule has 0 aliphatic heterocycles. The fraction of sp³-hybridized carbons (Fsp3) is 0.250. The van der Waals surface area contributed by atoms with Crippen molar-refractivity contribution in [2.45, 2.75) is 11.9 Å². The predicted octanol–water partition coefficient (Wildman–Crippen LogP) is 1.47. The number of carbonyl (C=O) groups is 1. The van der Waals surface area contributed by atoms with Gasteiger partial charge in [-0.1, -0.05) is 0 Å². The van der Waals surface area contributed by atoms with Crippen LogP contribution in [-0.4, -0.2) is 18.1 Å². The highest BCUT2D eigenvalue weighted by Crippen LogP contribution is 2.15. The number of carbonyl (C=O) groups excluding carboxylic acids is 1. The predicted molar refractivity (Wildman–Crippen MR) is 47.6 cm³/mol. The van der Waals surface area contributed by atoms with Crippen LogP contribution in [0.1, 0.15) is 15.9 Å². The van der Waals surface area contributed by atoms with Crippen LogP contribution in [0.2, 0.25) is 0 Å². The van der Waals surface area contributed by atoms with Crippen molar-refractivity contribution in [2.24, 2.45) is 0 Å². The minimum Gasteiger partial charge on any atom is -0.465 e. The Labute approximate surface area is 76.2 Å². The van der Waals surface area contributed by atoms with Gasteiger partial charge in [-0.3, -0.25) is 0 Å². The maximum atomic E-state index is 11.1. The van der Waals surface area contributed by atoms with E-state index in [2.05, 4.69) is 22.3 Å². The van der Waals surface area contributed by atoms with Crippen LogP contribution in [0.15, 0.2) is 17.3 Å². The molecule has 0 aliphatic rings. The van der Waals surface area contributed by atoms with Crippen LogP contribution in [0.4, 0.5) is 0 Å². The zero-order valence-electron chi connectivity index (χ0n) is 6.87. The molecule has 0 amide bonds. The lowest BCUT2D eigenvalue weighted by Gasteiger charge is -2.04. The number of pyridine rings is 1. The second-order valence-corrected chi connectivity index (χ2v) is 2.74. The normalized spacial score (nSPS) is 9.58. The van der Waals surface area contributed by atoms with Crippen molar-refractivity contribution in [1.29, 1.82) is 0 Å². The minimum atomic E-state index is -0.398. The fourth-order valence-corrected chi connectivity index (χ4v) is 1.23. The van der Waals surface area contributed by atoms with E-state index in [1.165, 1.54) is 7.11 Å². The number of hydrogen-bond acceptors (Lipinski definition) is 4. The summed E-state index contributed by atoms with van der Waals surface area (Å²) in [5.41, 5.74) is 1.25. The highest BCUT2D eigenvalue weighted by Gasteiger charge is 2.12. The van der Waals surface area contributed by atoms with E-state index in [4.69, 9.17) is 0 Å². The average Bonchev–Trinajstić information content (AvgIpc) is 2.03.